The molecule has 1 heterocycles. The summed E-state index contributed by atoms with van der Waals surface area (Å²) < 4.78 is 0. The van der Waals surface area contributed by atoms with Gasteiger partial charge >= 0.3 is 0 Å². The van der Waals surface area contributed by atoms with Crippen LogP contribution in [0.5, 0.6) is 0 Å². The zero-order valence-corrected chi connectivity index (χ0v) is 12.1. The van der Waals surface area contributed by atoms with Crippen molar-refractivity contribution < 1.29 is 0 Å². The third-order valence-corrected chi connectivity index (χ3v) is 3.65. The van der Waals surface area contributed by atoms with E-state index in [1.54, 1.807) is 18.4 Å². The molecule has 0 fully saturated rings. The van der Waals surface area contributed by atoms with Crippen LogP contribution in [-0.4, -0.2) is 13.0 Å². The summed E-state index contributed by atoms with van der Waals surface area (Å²) >= 11 is 1.71. The number of hydrogen-bond acceptors (Lipinski definition) is 2. The van der Waals surface area contributed by atoms with Crippen LogP contribution < -0.4 is 10.6 Å². The van der Waals surface area contributed by atoms with Crippen molar-refractivity contribution >= 4 is 17.3 Å². The predicted molar refractivity (Wildman–Crippen MR) is 82.5 cm³/mol. The van der Waals surface area contributed by atoms with Gasteiger partial charge in [-0.15, -0.1) is 0 Å². The summed E-state index contributed by atoms with van der Waals surface area (Å²) in [4.78, 5) is 4.25. The molecule has 19 heavy (non-hydrogen) atoms. The summed E-state index contributed by atoms with van der Waals surface area (Å²) in [5.74, 6) is 0.822. The SMILES string of the molecule is CN=C(NCc1ccsc1)NC(C)c1ccccc1. The summed E-state index contributed by atoms with van der Waals surface area (Å²) in [5.41, 5.74) is 2.53. The molecule has 3 nitrogen and oxygen atoms in total. The Kier molecular flexibility index (Phi) is 4.98. The van der Waals surface area contributed by atoms with Crippen molar-refractivity contribution in [3.05, 3.63) is 58.3 Å². The topological polar surface area (TPSA) is 36.4 Å². The molecule has 0 spiro atoms. The molecule has 2 rings (SSSR count). The summed E-state index contributed by atoms with van der Waals surface area (Å²) in [7, 11) is 1.79. The smallest absolute Gasteiger partial charge is 0.191 e. The van der Waals surface area contributed by atoms with Crippen LogP contribution in [0.3, 0.4) is 0 Å². The average Bonchev–Trinajstić information content (AvgIpc) is 2.97. The normalized spacial score (nSPS) is 13.1. The molecule has 4 heteroatoms. The number of aliphatic imine (C=N–C) groups is 1. The van der Waals surface area contributed by atoms with Crippen molar-refractivity contribution in [2.75, 3.05) is 7.05 Å². The minimum atomic E-state index is 0.231. The zero-order chi connectivity index (χ0) is 13.5. The van der Waals surface area contributed by atoms with Crippen LogP contribution in [0.4, 0.5) is 0 Å². The Morgan fingerprint density at radius 1 is 1.26 bits per heavy atom. The molecule has 0 aliphatic heterocycles. The average molecular weight is 273 g/mol. The van der Waals surface area contributed by atoms with E-state index in [0.29, 0.717) is 0 Å². The first-order valence-corrected chi connectivity index (χ1v) is 7.27. The van der Waals surface area contributed by atoms with Crippen LogP contribution in [0.15, 0.2) is 52.2 Å². The number of thiophene rings is 1. The van der Waals surface area contributed by atoms with E-state index in [-0.39, 0.29) is 6.04 Å². The fraction of sp³-hybridized carbons (Fsp3) is 0.267. The second-order valence-electron chi connectivity index (χ2n) is 4.33. The lowest BCUT2D eigenvalue weighted by Crippen LogP contribution is -2.38. The molecule has 2 N–H and O–H groups in total. The summed E-state index contributed by atoms with van der Waals surface area (Å²) in [6.45, 7) is 2.93. The molecule has 0 bridgehead atoms. The van der Waals surface area contributed by atoms with Gasteiger partial charge in [0.05, 0.1) is 6.04 Å². The van der Waals surface area contributed by atoms with Crippen LogP contribution in [0.1, 0.15) is 24.1 Å². The van der Waals surface area contributed by atoms with Gasteiger partial charge in [-0.25, -0.2) is 0 Å². The molecule has 0 aliphatic rings. The minimum Gasteiger partial charge on any atom is -0.352 e. The van der Waals surface area contributed by atoms with Crippen LogP contribution in [0, 0.1) is 0 Å². The van der Waals surface area contributed by atoms with Crippen molar-refractivity contribution in [1.82, 2.24) is 10.6 Å². The number of hydrogen-bond donors (Lipinski definition) is 2. The summed E-state index contributed by atoms with van der Waals surface area (Å²) in [6, 6.07) is 12.7. The van der Waals surface area contributed by atoms with Crippen LogP contribution in [0.25, 0.3) is 0 Å². The monoisotopic (exact) mass is 273 g/mol. The molecule has 0 saturated heterocycles. The lowest BCUT2D eigenvalue weighted by atomic mass is 10.1. The highest BCUT2D eigenvalue weighted by Crippen LogP contribution is 2.11. The molecule has 1 atom stereocenters. The van der Waals surface area contributed by atoms with E-state index in [2.05, 4.69) is 63.6 Å². The lowest BCUT2D eigenvalue weighted by Gasteiger charge is -2.18. The van der Waals surface area contributed by atoms with Gasteiger partial charge in [0, 0.05) is 13.6 Å². The van der Waals surface area contributed by atoms with Crippen LogP contribution in [0.2, 0.25) is 0 Å². The van der Waals surface area contributed by atoms with E-state index in [9.17, 15) is 0 Å². The van der Waals surface area contributed by atoms with Gasteiger partial charge in [0.15, 0.2) is 5.96 Å². The molecule has 0 amide bonds. The van der Waals surface area contributed by atoms with Gasteiger partial charge in [-0.3, -0.25) is 4.99 Å². The van der Waals surface area contributed by atoms with Crippen LogP contribution >= 0.6 is 11.3 Å². The van der Waals surface area contributed by atoms with Crippen LogP contribution in [-0.2, 0) is 6.54 Å². The first kappa shape index (κ1) is 13.6. The van der Waals surface area contributed by atoms with Gasteiger partial charge in [0.2, 0.25) is 0 Å². The maximum absolute atomic E-state index is 4.25. The Labute approximate surface area is 118 Å². The van der Waals surface area contributed by atoms with Crippen molar-refractivity contribution in [3.63, 3.8) is 0 Å². The number of nitrogens with zero attached hydrogens (tertiary/aromatic N) is 1. The number of guanidine groups is 1. The molecule has 1 aromatic heterocycles. The van der Waals surface area contributed by atoms with E-state index in [4.69, 9.17) is 0 Å². The molecule has 0 saturated carbocycles. The molecule has 100 valence electrons. The van der Waals surface area contributed by atoms with E-state index >= 15 is 0 Å². The van der Waals surface area contributed by atoms with Gasteiger partial charge in [0.1, 0.15) is 0 Å². The Bertz CT molecular complexity index is 505. The largest absolute Gasteiger partial charge is 0.352 e. The third-order valence-electron chi connectivity index (χ3n) is 2.92. The van der Waals surface area contributed by atoms with E-state index in [1.165, 1.54) is 11.1 Å². The maximum Gasteiger partial charge on any atom is 0.191 e. The molecule has 1 aromatic carbocycles. The Balaban J connectivity index is 1.89. The Hall–Kier alpha value is -1.81. The second kappa shape index (κ2) is 6.95. The standard InChI is InChI=1S/C15H19N3S/c1-12(14-6-4-3-5-7-14)18-15(16-2)17-10-13-8-9-19-11-13/h3-9,11-12H,10H2,1-2H3,(H2,16,17,18). The molecular formula is C15H19N3S. The van der Waals surface area contributed by atoms with Gasteiger partial charge < -0.3 is 10.6 Å². The van der Waals surface area contributed by atoms with E-state index in [1.807, 2.05) is 6.07 Å². The summed E-state index contributed by atoms with van der Waals surface area (Å²) in [5, 5.41) is 10.9. The highest BCUT2D eigenvalue weighted by Gasteiger charge is 2.06. The quantitative estimate of drug-likeness (QED) is 0.663. The molecular weight excluding hydrogens is 254 g/mol. The molecule has 0 aliphatic carbocycles. The maximum atomic E-state index is 4.25. The number of benzene rings is 1. The zero-order valence-electron chi connectivity index (χ0n) is 11.3. The number of rotatable bonds is 4. The third kappa shape index (κ3) is 4.10. The van der Waals surface area contributed by atoms with Crippen molar-refractivity contribution in [2.45, 2.75) is 19.5 Å². The van der Waals surface area contributed by atoms with Crippen molar-refractivity contribution in [3.8, 4) is 0 Å². The van der Waals surface area contributed by atoms with Gasteiger partial charge in [0.25, 0.3) is 0 Å². The second-order valence-corrected chi connectivity index (χ2v) is 5.11. The Morgan fingerprint density at radius 2 is 2.05 bits per heavy atom. The Morgan fingerprint density at radius 3 is 2.68 bits per heavy atom. The van der Waals surface area contributed by atoms with E-state index < -0.39 is 0 Å². The molecule has 2 aromatic rings. The number of nitrogens with one attached hydrogen (secondary N) is 2. The predicted octanol–water partition coefficient (Wildman–Crippen LogP) is 3.17. The molecule has 0 radical (unpaired) electrons. The first-order valence-electron chi connectivity index (χ1n) is 6.33. The molecule has 1 unspecified atom stereocenters. The lowest BCUT2D eigenvalue weighted by molar-refractivity contribution is 0.685. The minimum absolute atomic E-state index is 0.231. The fourth-order valence-electron chi connectivity index (χ4n) is 1.80. The van der Waals surface area contributed by atoms with E-state index in [0.717, 1.165) is 12.5 Å². The highest BCUT2D eigenvalue weighted by molar-refractivity contribution is 7.07. The van der Waals surface area contributed by atoms with Gasteiger partial charge in [-0.05, 0) is 34.9 Å². The van der Waals surface area contributed by atoms with Gasteiger partial charge in [-0.2, -0.15) is 11.3 Å². The van der Waals surface area contributed by atoms with Crippen molar-refractivity contribution in [1.29, 1.82) is 0 Å². The highest BCUT2D eigenvalue weighted by atomic mass is 32.1. The van der Waals surface area contributed by atoms with Crippen molar-refractivity contribution in [2.24, 2.45) is 4.99 Å². The first-order chi connectivity index (χ1) is 9.29. The van der Waals surface area contributed by atoms with Gasteiger partial charge in [-0.1, -0.05) is 30.3 Å². The summed E-state index contributed by atoms with van der Waals surface area (Å²) in [6.07, 6.45) is 0. The fourth-order valence-corrected chi connectivity index (χ4v) is 2.47.